The van der Waals surface area contributed by atoms with Gasteiger partial charge < -0.3 is 11.1 Å². The zero-order valence-electron chi connectivity index (χ0n) is 11.0. The summed E-state index contributed by atoms with van der Waals surface area (Å²) in [5.74, 6) is -0.473. The molecule has 1 amide bonds. The number of hydrogen-bond donors (Lipinski definition) is 2. The molecular weight excluding hydrogens is 292 g/mol. The Morgan fingerprint density at radius 1 is 1.25 bits per heavy atom. The van der Waals surface area contributed by atoms with Crippen LogP contribution in [-0.4, -0.2) is 12.2 Å². The van der Waals surface area contributed by atoms with Gasteiger partial charge in [0.25, 0.3) is 0 Å². The highest BCUT2D eigenvalue weighted by molar-refractivity contribution is 7.98. The minimum absolute atomic E-state index is 0.420. The number of thioether (sulfide) groups is 1. The number of benzene rings is 2. The van der Waals surface area contributed by atoms with E-state index >= 15 is 0 Å². The fraction of sp³-hybridized carbons (Fsp3) is 0.133. The molecule has 3 nitrogen and oxygen atoms in total. The zero-order valence-corrected chi connectivity index (χ0v) is 12.6. The molecule has 0 radical (unpaired) electrons. The van der Waals surface area contributed by atoms with Crippen LogP contribution in [-0.2, 0) is 6.54 Å². The highest BCUT2D eigenvalue weighted by atomic mass is 35.5. The Morgan fingerprint density at radius 2 is 1.95 bits per heavy atom. The second-order valence-corrected chi connectivity index (χ2v) is 5.54. The number of nitrogens with one attached hydrogen (secondary N) is 1. The van der Waals surface area contributed by atoms with Crippen molar-refractivity contribution in [2.75, 3.05) is 11.6 Å². The Labute approximate surface area is 127 Å². The van der Waals surface area contributed by atoms with E-state index in [9.17, 15) is 4.79 Å². The summed E-state index contributed by atoms with van der Waals surface area (Å²) in [5, 5.41) is 3.83. The molecular formula is C15H15ClN2OS. The maximum atomic E-state index is 11.1. The lowest BCUT2D eigenvalue weighted by atomic mass is 10.1. The Kier molecular flexibility index (Phi) is 4.93. The number of rotatable bonds is 5. The molecule has 2 rings (SSSR count). The number of halogens is 1. The fourth-order valence-electron chi connectivity index (χ4n) is 1.75. The number of primary amides is 1. The molecule has 20 heavy (non-hydrogen) atoms. The minimum atomic E-state index is -0.473. The van der Waals surface area contributed by atoms with Crippen molar-refractivity contribution in [2.24, 2.45) is 5.73 Å². The van der Waals surface area contributed by atoms with Crippen LogP contribution in [0.25, 0.3) is 0 Å². The highest BCUT2D eigenvalue weighted by Crippen LogP contribution is 2.21. The Bertz CT molecular complexity index is 614. The topological polar surface area (TPSA) is 55.1 Å². The van der Waals surface area contributed by atoms with E-state index in [0.29, 0.717) is 17.1 Å². The van der Waals surface area contributed by atoms with Gasteiger partial charge in [-0.05, 0) is 48.2 Å². The Hall–Kier alpha value is -1.65. The van der Waals surface area contributed by atoms with Crippen LogP contribution in [0.4, 0.5) is 5.69 Å². The van der Waals surface area contributed by atoms with Crippen LogP contribution in [0.2, 0.25) is 5.02 Å². The van der Waals surface area contributed by atoms with E-state index in [1.54, 1.807) is 23.9 Å². The number of amides is 1. The van der Waals surface area contributed by atoms with E-state index in [4.69, 9.17) is 17.3 Å². The van der Waals surface area contributed by atoms with E-state index in [2.05, 4.69) is 17.4 Å². The van der Waals surface area contributed by atoms with Gasteiger partial charge in [0.1, 0.15) is 0 Å². The molecule has 0 unspecified atom stereocenters. The molecule has 0 aromatic heterocycles. The van der Waals surface area contributed by atoms with Gasteiger partial charge >= 0.3 is 0 Å². The summed E-state index contributed by atoms with van der Waals surface area (Å²) < 4.78 is 0. The third kappa shape index (κ3) is 3.68. The van der Waals surface area contributed by atoms with E-state index in [-0.39, 0.29) is 0 Å². The molecule has 5 heteroatoms. The Balaban J connectivity index is 2.04. The number of carbonyl (C=O) groups is 1. The summed E-state index contributed by atoms with van der Waals surface area (Å²) in [7, 11) is 0. The minimum Gasteiger partial charge on any atom is -0.381 e. The molecule has 0 aliphatic heterocycles. The van der Waals surface area contributed by atoms with Crippen LogP contribution in [0.3, 0.4) is 0 Å². The van der Waals surface area contributed by atoms with Gasteiger partial charge in [-0.3, -0.25) is 4.79 Å². The average Bonchev–Trinajstić information content (AvgIpc) is 2.46. The van der Waals surface area contributed by atoms with Crippen molar-refractivity contribution in [3.63, 3.8) is 0 Å². The van der Waals surface area contributed by atoms with Crippen molar-refractivity contribution < 1.29 is 4.79 Å². The largest absolute Gasteiger partial charge is 0.381 e. The van der Waals surface area contributed by atoms with Crippen molar-refractivity contribution in [1.82, 2.24) is 0 Å². The normalized spacial score (nSPS) is 10.3. The zero-order chi connectivity index (χ0) is 14.5. The Morgan fingerprint density at radius 3 is 2.50 bits per heavy atom. The van der Waals surface area contributed by atoms with Crippen molar-refractivity contribution in [1.29, 1.82) is 0 Å². The predicted octanol–water partition coefficient (Wildman–Crippen LogP) is 3.77. The maximum absolute atomic E-state index is 11.1. The molecule has 0 atom stereocenters. The van der Waals surface area contributed by atoms with E-state index in [1.807, 2.05) is 24.5 Å². The molecule has 0 aliphatic rings. The first-order chi connectivity index (χ1) is 9.60. The molecule has 3 N–H and O–H groups in total. The molecule has 2 aromatic carbocycles. The van der Waals surface area contributed by atoms with E-state index in [0.717, 1.165) is 11.3 Å². The van der Waals surface area contributed by atoms with Gasteiger partial charge in [0.05, 0.1) is 0 Å². The molecule has 0 saturated heterocycles. The van der Waals surface area contributed by atoms with E-state index < -0.39 is 5.91 Å². The third-order valence-corrected chi connectivity index (χ3v) is 4.01. The van der Waals surface area contributed by atoms with Crippen molar-refractivity contribution in [2.45, 2.75) is 11.4 Å². The van der Waals surface area contributed by atoms with E-state index in [1.165, 1.54) is 4.90 Å². The summed E-state index contributed by atoms with van der Waals surface area (Å²) >= 11 is 7.84. The number of carbonyl (C=O) groups excluding carboxylic acids is 1. The second-order valence-electron chi connectivity index (χ2n) is 4.25. The van der Waals surface area contributed by atoms with Gasteiger partial charge in [-0.1, -0.05) is 17.7 Å². The first kappa shape index (κ1) is 14.8. The predicted molar refractivity (Wildman–Crippen MR) is 85.5 cm³/mol. The molecule has 0 spiro atoms. The number of hydrogen-bond acceptors (Lipinski definition) is 3. The van der Waals surface area contributed by atoms with Gasteiger partial charge in [0, 0.05) is 27.7 Å². The molecule has 0 saturated carbocycles. The standard InChI is InChI=1S/C15H15ClN2OS/c1-20-13-6-4-12(5-7-13)18-9-11-3-2-10(15(17)19)8-14(11)16/h2-8,18H,9H2,1H3,(H2,17,19). The summed E-state index contributed by atoms with van der Waals surface area (Å²) in [5.41, 5.74) is 7.58. The van der Waals surface area contributed by atoms with Crippen LogP contribution >= 0.6 is 23.4 Å². The third-order valence-electron chi connectivity index (χ3n) is 2.91. The summed E-state index contributed by atoms with van der Waals surface area (Å²) in [4.78, 5) is 12.3. The SMILES string of the molecule is CSc1ccc(NCc2ccc(C(N)=O)cc2Cl)cc1. The molecule has 0 aliphatic carbocycles. The lowest BCUT2D eigenvalue weighted by Gasteiger charge is -2.09. The molecule has 0 bridgehead atoms. The van der Waals surface area contributed by atoms with Gasteiger partial charge in [-0.15, -0.1) is 11.8 Å². The van der Waals surface area contributed by atoms with Crippen LogP contribution < -0.4 is 11.1 Å². The average molecular weight is 307 g/mol. The number of nitrogens with two attached hydrogens (primary N) is 1. The molecule has 0 fully saturated rings. The molecule has 2 aromatic rings. The number of anilines is 1. The highest BCUT2D eigenvalue weighted by Gasteiger charge is 2.05. The van der Waals surface area contributed by atoms with Gasteiger partial charge in [0.15, 0.2) is 0 Å². The van der Waals surface area contributed by atoms with Crippen molar-refractivity contribution >= 4 is 35.0 Å². The second kappa shape index (κ2) is 6.68. The summed E-state index contributed by atoms with van der Waals surface area (Å²) in [6.45, 7) is 0.594. The maximum Gasteiger partial charge on any atom is 0.248 e. The van der Waals surface area contributed by atoms with Crippen molar-refractivity contribution in [3.05, 3.63) is 58.6 Å². The first-order valence-corrected chi connectivity index (χ1v) is 7.66. The van der Waals surface area contributed by atoms with Crippen LogP contribution in [0, 0.1) is 0 Å². The first-order valence-electron chi connectivity index (χ1n) is 6.06. The lowest BCUT2D eigenvalue weighted by Crippen LogP contribution is -2.11. The van der Waals surface area contributed by atoms with Crippen LogP contribution in [0.5, 0.6) is 0 Å². The lowest BCUT2D eigenvalue weighted by molar-refractivity contribution is 0.100. The quantitative estimate of drug-likeness (QED) is 0.827. The van der Waals surface area contributed by atoms with Crippen LogP contribution in [0.1, 0.15) is 15.9 Å². The summed E-state index contributed by atoms with van der Waals surface area (Å²) in [6.07, 6.45) is 2.04. The van der Waals surface area contributed by atoms with Gasteiger partial charge in [0.2, 0.25) is 5.91 Å². The summed E-state index contributed by atoms with van der Waals surface area (Å²) in [6, 6.07) is 13.3. The van der Waals surface area contributed by atoms with Gasteiger partial charge in [-0.25, -0.2) is 0 Å². The molecule has 104 valence electrons. The monoisotopic (exact) mass is 306 g/mol. The molecule has 0 heterocycles. The van der Waals surface area contributed by atoms with Crippen molar-refractivity contribution in [3.8, 4) is 0 Å². The van der Waals surface area contributed by atoms with Gasteiger partial charge in [-0.2, -0.15) is 0 Å². The smallest absolute Gasteiger partial charge is 0.248 e. The fourth-order valence-corrected chi connectivity index (χ4v) is 2.41. The van der Waals surface area contributed by atoms with Crippen LogP contribution in [0.15, 0.2) is 47.4 Å².